The first-order valence-corrected chi connectivity index (χ1v) is 7.87. The molecule has 1 aromatic carbocycles. The van der Waals surface area contributed by atoms with E-state index in [9.17, 15) is 14.4 Å². The first-order chi connectivity index (χ1) is 12.5. The number of carbonyl (C=O) groups is 3. The summed E-state index contributed by atoms with van der Waals surface area (Å²) in [6.07, 6.45) is 0. The summed E-state index contributed by atoms with van der Waals surface area (Å²) in [7, 11) is 4.14. The molecular weight excluding hydrogens is 342 g/mol. The largest absolute Gasteiger partial charge is 0.466 e. The van der Waals surface area contributed by atoms with E-state index in [1.807, 2.05) is 6.07 Å². The van der Waals surface area contributed by atoms with E-state index in [0.29, 0.717) is 17.9 Å². The fraction of sp³-hybridized carbons (Fsp3) is 0.353. The van der Waals surface area contributed by atoms with Crippen molar-refractivity contribution in [2.75, 3.05) is 44.8 Å². The van der Waals surface area contributed by atoms with Crippen LogP contribution >= 0.6 is 0 Å². The fourth-order valence-corrected chi connectivity index (χ4v) is 2.95. The fourth-order valence-electron chi connectivity index (χ4n) is 2.95. The van der Waals surface area contributed by atoms with Crippen molar-refractivity contribution in [3.8, 4) is 0 Å². The second kappa shape index (κ2) is 7.04. The molecule has 138 valence electrons. The third kappa shape index (κ3) is 2.97. The summed E-state index contributed by atoms with van der Waals surface area (Å²) in [5, 5.41) is 2.81. The number of ether oxygens (including phenoxy) is 3. The SMILES string of the molecule is COC(=O)C1=C(C(=O)OC)N(c2cccc3c2NC(=O)N(C)C3)COC1. The van der Waals surface area contributed by atoms with Crippen LogP contribution in [0, 0.1) is 0 Å². The number of hydrogen-bond acceptors (Lipinski definition) is 7. The summed E-state index contributed by atoms with van der Waals surface area (Å²) in [5.74, 6) is -1.37. The highest BCUT2D eigenvalue weighted by Gasteiger charge is 2.34. The number of para-hydroxylation sites is 1. The minimum Gasteiger partial charge on any atom is -0.466 e. The van der Waals surface area contributed by atoms with Crippen LogP contribution in [0.2, 0.25) is 0 Å². The van der Waals surface area contributed by atoms with Crippen molar-refractivity contribution in [3.05, 3.63) is 35.0 Å². The van der Waals surface area contributed by atoms with Crippen molar-refractivity contribution in [1.29, 1.82) is 0 Å². The number of hydrogen-bond donors (Lipinski definition) is 1. The lowest BCUT2D eigenvalue weighted by Gasteiger charge is -2.35. The van der Waals surface area contributed by atoms with E-state index in [4.69, 9.17) is 14.2 Å². The summed E-state index contributed by atoms with van der Waals surface area (Å²) in [5.41, 5.74) is 2.06. The summed E-state index contributed by atoms with van der Waals surface area (Å²) in [6.45, 7) is 0.371. The maximum atomic E-state index is 12.4. The molecule has 26 heavy (non-hydrogen) atoms. The summed E-state index contributed by atoms with van der Waals surface area (Å²) >= 11 is 0. The number of benzene rings is 1. The zero-order valence-electron chi connectivity index (χ0n) is 14.7. The van der Waals surface area contributed by atoms with E-state index >= 15 is 0 Å². The molecule has 0 saturated carbocycles. The molecule has 3 rings (SSSR count). The molecule has 0 bridgehead atoms. The topological polar surface area (TPSA) is 97.4 Å². The molecule has 9 heteroatoms. The summed E-state index contributed by atoms with van der Waals surface area (Å²) in [4.78, 5) is 39.6. The Morgan fingerprint density at radius 1 is 1.19 bits per heavy atom. The van der Waals surface area contributed by atoms with Gasteiger partial charge in [-0.05, 0) is 11.6 Å². The number of anilines is 2. The normalized spacial score (nSPS) is 16.8. The number of urea groups is 1. The number of carbonyl (C=O) groups excluding carboxylic acids is 3. The third-order valence-corrected chi connectivity index (χ3v) is 4.24. The van der Waals surface area contributed by atoms with Gasteiger partial charge in [-0.1, -0.05) is 12.1 Å². The van der Waals surface area contributed by atoms with Crippen LogP contribution in [0.15, 0.2) is 29.5 Å². The zero-order valence-corrected chi connectivity index (χ0v) is 14.7. The van der Waals surface area contributed by atoms with Gasteiger partial charge in [0.05, 0.1) is 37.8 Å². The highest BCUT2D eigenvalue weighted by molar-refractivity contribution is 6.05. The second-order valence-corrected chi connectivity index (χ2v) is 5.81. The van der Waals surface area contributed by atoms with Crippen molar-refractivity contribution in [3.63, 3.8) is 0 Å². The first kappa shape index (κ1) is 17.7. The highest BCUT2D eigenvalue weighted by atomic mass is 16.5. The van der Waals surface area contributed by atoms with E-state index in [-0.39, 0.29) is 30.6 Å². The van der Waals surface area contributed by atoms with Crippen LogP contribution in [0.5, 0.6) is 0 Å². The lowest BCUT2D eigenvalue weighted by Crippen LogP contribution is -2.41. The van der Waals surface area contributed by atoms with Gasteiger partial charge in [-0.15, -0.1) is 0 Å². The first-order valence-electron chi connectivity index (χ1n) is 7.87. The highest BCUT2D eigenvalue weighted by Crippen LogP contribution is 2.37. The maximum absolute atomic E-state index is 12.4. The molecule has 1 N–H and O–H groups in total. The van der Waals surface area contributed by atoms with E-state index < -0.39 is 11.9 Å². The average molecular weight is 361 g/mol. The van der Waals surface area contributed by atoms with Gasteiger partial charge in [0.15, 0.2) is 0 Å². The molecule has 9 nitrogen and oxygen atoms in total. The van der Waals surface area contributed by atoms with Gasteiger partial charge in [0.2, 0.25) is 0 Å². The number of amides is 2. The lowest BCUT2D eigenvalue weighted by atomic mass is 10.1. The Balaban J connectivity index is 2.13. The van der Waals surface area contributed by atoms with Crippen LogP contribution in [-0.2, 0) is 30.3 Å². The number of nitrogens with zero attached hydrogens (tertiary/aromatic N) is 2. The Kier molecular flexibility index (Phi) is 4.81. The molecular formula is C17H19N3O6. The summed E-state index contributed by atoms with van der Waals surface area (Å²) < 4.78 is 15.1. The predicted octanol–water partition coefficient (Wildman–Crippen LogP) is 1.06. The molecule has 2 aliphatic heterocycles. The van der Waals surface area contributed by atoms with Crippen LogP contribution in [0.25, 0.3) is 0 Å². The van der Waals surface area contributed by atoms with Gasteiger partial charge in [-0.2, -0.15) is 0 Å². The zero-order chi connectivity index (χ0) is 18.8. The third-order valence-electron chi connectivity index (χ3n) is 4.24. The van der Waals surface area contributed by atoms with Crippen LogP contribution in [0.1, 0.15) is 5.56 Å². The van der Waals surface area contributed by atoms with Gasteiger partial charge in [0.1, 0.15) is 12.4 Å². The van der Waals surface area contributed by atoms with Gasteiger partial charge in [-0.25, -0.2) is 14.4 Å². The molecule has 0 spiro atoms. The number of methoxy groups -OCH3 is 2. The van der Waals surface area contributed by atoms with Crippen LogP contribution in [0.3, 0.4) is 0 Å². The van der Waals surface area contributed by atoms with Gasteiger partial charge in [0, 0.05) is 13.6 Å². The molecule has 0 aromatic heterocycles. The number of rotatable bonds is 3. The molecule has 2 heterocycles. The minimum atomic E-state index is -0.689. The van der Waals surface area contributed by atoms with Crippen molar-refractivity contribution in [2.45, 2.75) is 6.54 Å². The van der Waals surface area contributed by atoms with Crippen LogP contribution in [-0.4, -0.2) is 57.5 Å². The Bertz CT molecular complexity index is 804. The lowest BCUT2D eigenvalue weighted by molar-refractivity contribution is -0.140. The van der Waals surface area contributed by atoms with E-state index in [0.717, 1.165) is 5.56 Å². The molecule has 0 saturated heterocycles. The van der Waals surface area contributed by atoms with Gasteiger partial charge >= 0.3 is 18.0 Å². The second-order valence-electron chi connectivity index (χ2n) is 5.81. The smallest absolute Gasteiger partial charge is 0.355 e. The molecule has 0 atom stereocenters. The molecule has 0 fully saturated rings. The predicted molar refractivity (Wildman–Crippen MR) is 91.3 cm³/mol. The molecule has 0 aliphatic carbocycles. The van der Waals surface area contributed by atoms with E-state index in [1.165, 1.54) is 24.0 Å². The molecule has 0 radical (unpaired) electrons. The molecule has 2 aliphatic rings. The van der Waals surface area contributed by atoms with Crippen molar-refractivity contribution in [2.24, 2.45) is 0 Å². The Morgan fingerprint density at radius 2 is 1.92 bits per heavy atom. The van der Waals surface area contributed by atoms with Gasteiger partial charge in [-0.3, -0.25) is 0 Å². The minimum absolute atomic E-state index is 0.0209. The van der Waals surface area contributed by atoms with Gasteiger partial charge < -0.3 is 29.3 Å². The average Bonchev–Trinajstić information content (AvgIpc) is 2.66. The van der Waals surface area contributed by atoms with Crippen LogP contribution < -0.4 is 10.2 Å². The monoisotopic (exact) mass is 361 g/mol. The molecule has 1 aromatic rings. The number of nitrogens with one attached hydrogen (secondary N) is 1. The van der Waals surface area contributed by atoms with E-state index in [2.05, 4.69) is 5.32 Å². The van der Waals surface area contributed by atoms with Crippen molar-refractivity contribution < 1.29 is 28.6 Å². The van der Waals surface area contributed by atoms with Crippen molar-refractivity contribution >= 4 is 29.3 Å². The van der Waals surface area contributed by atoms with Gasteiger partial charge in [0.25, 0.3) is 0 Å². The quantitative estimate of drug-likeness (QED) is 0.804. The standard InChI is InChI=1S/C17H19N3O6/c1-19-7-10-5-4-6-12(13(10)18-17(19)23)20-9-26-8-11(15(21)24-2)14(20)16(22)25-3/h4-6H,7-9H2,1-3H3,(H,18,23). The Morgan fingerprint density at radius 3 is 2.62 bits per heavy atom. The molecule has 0 unspecified atom stereocenters. The van der Waals surface area contributed by atoms with Crippen LogP contribution in [0.4, 0.5) is 16.2 Å². The summed E-state index contributed by atoms with van der Waals surface area (Å²) in [6, 6.07) is 5.15. The number of esters is 2. The Hall–Kier alpha value is -3.07. The maximum Gasteiger partial charge on any atom is 0.355 e. The van der Waals surface area contributed by atoms with E-state index in [1.54, 1.807) is 19.2 Å². The van der Waals surface area contributed by atoms with Crippen molar-refractivity contribution in [1.82, 2.24) is 4.90 Å². The number of fused-ring (bicyclic) bond motifs is 1. The molecule has 2 amide bonds. The Labute approximate surface area is 150 Å².